The fourth-order valence-corrected chi connectivity index (χ4v) is 4.48. The summed E-state index contributed by atoms with van der Waals surface area (Å²) in [7, 11) is 3.20. The van der Waals surface area contributed by atoms with Crippen molar-refractivity contribution >= 4 is 28.6 Å². The molecule has 9 nitrogen and oxygen atoms in total. The van der Waals surface area contributed by atoms with E-state index in [-0.39, 0.29) is 11.8 Å². The van der Waals surface area contributed by atoms with Crippen LogP contribution in [-0.4, -0.2) is 46.6 Å². The molecule has 0 aliphatic heterocycles. The van der Waals surface area contributed by atoms with Crippen molar-refractivity contribution in [2.75, 3.05) is 19.1 Å². The number of esters is 1. The molecule has 3 aromatic heterocycles. The van der Waals surface area contributed by atoms with Gasteiger partial charge in [-0.1, -0.05) is 26.8 Å². The minimum absolute atomic E-state index is 0.0410. The quantitative estimate of drug-likeness (QED) is 0.155. The van der Waals surface area contributed by atoms with E-state index < -0.39 is 24.2 Å². The van der Waals surface area contributed by atoms with Crippen molar-refractivity contribution in [3.8, 4) is 28.0 Å². The number of likely N-dealkylation sites (N-methyl/N-ethyl adjacent to an activating group) is 1. The van der Waals surface area contributed by atoms with E-state index in [0.717, 1.165) is 17.5 Å². The summed E-state index contributed by atoms with van der Waals surface area (Å²) in [5, 5.41) is 0.696. The van der Waals surface area contributed by atoms with Gasteiger partial charge in [-0.05, 0) is 54.3 Å². The molecule has 0 spiro atoms. The third-order valence-corrected chi connectivity index (χ3v) is 7.27. The smallest absolute Gasteiger partial charge is 0.325 e. The standard InChI is InChI=1S/C31H34FN5O4/c1-7-18(3)29(33)31(39)41-19(4)37-17-26(20-9-10-34-27(32)14-20)25-13-22(16-35-30(25)37)21-11-23(15-24(12-21)40-6)36(5)28(38)8-2/h8-19,29H,2,7,33H2,1,3-6H3/t18-,19?,29-/m0/s1. The number of fused-ring (bicyclic) bond motifs is 1. The number of ether oxygens (including phenoxy) is 2. The second-order valence-electron chi connectivity index (χ2n) is 9.88. The SMILES string of the molecule is C=CC(=O)N(C)c1cc(OC)cc(-c2cnc3c(c2)c(-c2ccnc(F)c2)cn3C(C)OC(=O)[C@@H](N)[C@@H](C)CC)c1. The highest BCUT2D eigenvalue weighted by atomic mass is 19.1. The maximum atomic E-state index is 14.2. The Bertz CT molecular complexity index is 1600. The Hall–Kier alpha value is -4.57. The molecule has 2 N–H and O–H groups in total. The van der Waals surface area contributed by atoms with E-state index in [1.807, 2.05) is 32.0 Å². The molecule has 0 aliphatic rings. The van der Waals surface area contributed by atoms with Crippen molar-refractivity contribution in [3.05, 3.63) is 73.6 Å². The van der Waals surface area contributed by atoms with Crippen LogP contribution in [-0.2, 0) is 14.3 Å². The van der Waals surface area contributed by atoms with Gasteiger partial charge >= 0.3 is 5.97 Å². The van der Waals surface area contributed by atoms with E-state index in [2.05, 4.69) is 11.6 Å². The monoisotopic (exact) mass is 559 g/mol. The zero-order valence-corrected chi connectivity index (χ0v) is 23.8. The van der Waals surface area contributed by atoms with E-state index in [4.69, 9.17) is 20.2 Å². The van der Waals surface area contributed by atoms with Crippen LogP contribution in [0.5, 0.6) is 5.75 Å². The third kappa shape index (κ3) is 6.12. The number of anilines is 1. The molecule has 0 bridgehead atoms. The number of benzene rings is 1. The largest absolute Gasteiger partial charge is 0.497 e. The van der Waals surface area contributed by atoms with Crippen molar-refractivity contribution in [3.63, 3.8) is 0 Å². The maximum absolute atomic E-state index is 14.2. The number of carbonyl (C=O) groups excluding carboxylic acids is 2. The minimum Gasteiger partial charge on any atom is -0.497 e. The molecule has 0 radical (unpaired) electrons. The van der Waals surface area contributed by atoms with Crippen molar-refractivity contribution in [1.82, 2.24) is 14.5 Å². The van der Waals surface area contributed by atoms with Crippen molar-refractivity contribution in [2.45, 2.75) is 39.5 Å². The zero-order chi connectivity index (χ0) is 29.8. The number of halogens is 1. The molecular weight excluding hydrogens is 525 g/mol. The summed E-state index contributed by atoms with van der Waals surface area (Å²) < 4.78 is 27.1. The van der Waals surface area contributed by atoms with E-state index in [1.165, 1.54) is 23.2 Å². The van der Waals surface area contributed by atoms with Gasteiger partial charge in [0.15, 0.2) is 6.23 Å². The van der Waals surface area contributed by atoms with Gasteiger partial charge in [0.2, 0.25) is 11.9 Å². The van der Waals surface area contributed by atoms with E-state index in [0.29, 0.717) is 33.6 Å². The summed E-state index contributed by atoms with van der Waals surface area (Å²) >= 11 is 0. The maximum Gasteiger partial charge on any atom is 0.325 e. The predicted octanol–water partition coefficient (Wildman–Crippen LogP) is 5.50. The summed E-state index contributed by atoms with van der Waals surface area (Å²) in [5.74, 6) is -0.898. The number of carbonyl (C=O) groups is 2. The molecule has 41 heavy (non-hydrogen) atoms. The number of rotatable bonds is 10. The Balaban J connectivity index is 1.84. The molecular formula is C31H34FN5O4. The lowest BCUT2D eigenvalue weighted by Crippen LogP contribution is -2.38. The number of pyridine rings is 2. The number of aromatic nitrogens is 3. The van der Waals surface area contributed by atoms with Gasteiger partial charge in [-0.25, -0.2) is 9.97 Å². The van der Waals surface area contributed by atoms with E-state index in [1.54, 1.807) is 50.2 Å². The molecule has 1 amide bonds. The summed E-state index contributed by atoms with van der Waals surface area (Å²) in [6.45, 7) is 9.15. The van der Waals surface area contributed by atoms with Gasteiger partial charge < -0.3 is 20.1 Å². The van der Waals surface area contributed by atoms with Gasteiger partial charge in [0.1, 0.15) is 17.4 Å². The van der Waals surface area contributed by atoms with Crippen molar-refractivity contribution < 1.29 is 23.5 Å². The highest BCUT2D eigenvalue weighted by molar-refractivity contribution is 6.01. The summed E-state index contributed by atoms with van der Waals surface area (Å²) in [6.07, 6.45) is 6.09. The Morgan fingerprint density at radius 2 is 1.90 bits per heavy atom. The van der Waals surface area contributed by atoms with Crippen LogP contribution in [0.4, 0.5) is 10.1 Å². The molecule has 10 heteroatoms. The summed E-state index contributed by atoms with van der Waals surface area (Å²) in [6, 6.07) is 9.62. The number of methoxy groups -OCH3 is 1. The molecule has 4 rings (SSSR count). The first-order chi connectivity index (χ1) is 19.6. The molecule has 1 aromatic carbocycles. The molecule has 214 valence electrons. The van der Waals surface area contributed by atoms with Crippen LogP contribution in [0.15, 0.2) is 67.6 Å². The average molecular weight is 560 g/mol. The number of hydrogen-bond donors (Lipinski definition) is 1. The first kappa shape index (κ1) is 29.4. The fourth-order valence-electron chi connectivity index (χ4n) is 4.48. The van der Waals surface area contributed by atoms with Crippen LogP contribution >= 0.6 is 0 Å². The topological polar surface area (TPSA) is 113 Å². The molecule has 3 heterocycles. The zero-order valence-electron chi connectivity index (χ0n) is 23.8. The summed E-state index contributed by atoms with van der Waals surface area (Å²) in [4.78, 5) is 34.9. The fraction of sp³-hybridized carbons (Fsp3) is 0.290. The molecule has 1 unspecified atom stereocenters. The molecule has 0 saturated carbocycles. The average Bonchev–Trinajstić information content (AvgIpc) is 3.38. The normalized spacial score (nSPS) is 13.3. The van der Waals surface area contributed by atoms with Crippen LogP contribution in [0.1, 0.15) is 33.4 Å². The predicted molar refractivity (Wildman–Crippen MR) is 157 cm³/mol. The van der Waals surface area contributed by atoms with Crippen LogP contribution in [0.25, 0.3) is 33.3 Å². The van der Waals surface area contributed by atoms with Gasteiger partial charge in [0, 0.05) is 60.0 Å². The second-order valence-corrected chi connectivity index (χ2v) is 9.88. The second kappa shape index (κ2) is 12.3. The first-order valence-corrected chi connectivity index (χ1v) is 13.3. The van der Waals surface area contributed by atoms with Crippen LogP contribution in [0, 0.1) is 11.9 Å². The Kier molecular flexibility index (Phi) is 8.83. The number of nitrogens with zero attached hydrogens (tertiary/aromatic N) is 4. The molecule has 3 atom stereocenters. The number of nitrogens with two attached hydrogens (primary N) is 1. The van der Waals surface area contributed by atoms with Crippen LogP contribution in [0.2, 0.25) is 0 Å². The lowest BCUT2D eigenvalue weighted by atomic mass is 10.0. The number of amides is 1. The van der Waals surface area contributed by atoms with Gasteiger partial charge in [-0.3, -0.25) is 14.2 Å². The Morgan fingerprint density at radius 1 is 1.15 bits per heavy atom. The van der Waals surface area contributed by atoms with Crippen LogP contribution < -0.4 is 15.4 Å². The third-order valence-electron chi connectivity index (χ3n) is 7.27. The van der Waals surface area contributed by atoms with Crippen molar-refractivity contribution in [1.29, 1.82) is 0 Å². The summed E-state index contributed by atoms with van der Waals surface area (Å²) in [5.41, 5.74) is 9.97. The highest BCUT2D eigenvalue weighted by Gasteiger charge is 2.25. The Morgan fingerprint density at radius 3 is 2.56 bits per heavy atom. The van der Waals surface area contributed by atoms with Crippen LogP contribution in [0.3, 0.4) is 0 Å². The lowest BCUT2D eigenvalue weighted by molar-refractivity contribution is -0.155. The molecule has 0 aliphatic carbocycles. The number of hydrogen-bond acceptors (Lipinski definition) is 7. The van der Waals surface area contributed by atoms with E-state index in [9.17, 15) is 14.0 Å². The molecule has 4 aromatic rings. The Labute approximate surface area is 238 Å². The highest BCUT2D eigenvalue weighted by Crippen LogP contribution is 2.36. The van der Waals surface area contributed by atoms with Gasteiger partial charge in [-0.2, -0.15) is 4.39 Å². The van der Waals surface area contributed by atoms with Gasteiger partial charge in [-0.15, -0.1) is 0 Å². The molecule has 0 saturated heterocycles. The lowest BCUT2D eigenvalue weighted by Gasteiger charge is -2.21. The van der Waals surface area contributed by atoms with E-state index >= 15 is 0 Å². The molecule has 0 fully saturated rings. The van der Waals surface area contributed by atoms with Crippen molar-refractivity contribution in [2.24, 2.45) is 11.7 Å². The van der Waals surface area contributed by atoms with Gasteiger partial charge in [0.25, 0.3) is 0 Å². The van der Waals surface area contributed by atoms with Gasteiger partial charge in [0.05, 0.1) is 7.11 Å². The first-order valence-electron chi connectivity index (χ1n) is 13.3. The minimum atomic E-state index is -0.758.